The van der Waals surface area contributed by atoms with Crippen molar-refractivity contribution in [1.29, 1.82) is 5.26 Å². The molecule has 0 bridgehead atoms. The summed E-state index contributed by atoms with van der Waals surface area (Å²) in [6.07, 6.45) is 0. The molecule has 0 heterocycles. The Morgan fingerprint density at radius 2 is 1.53 bits per heavy atom. The van der Waals surface area contributed by atoms with Crippen molar-refractivity contribution in [3.8, 4) is 6.07 Å². The minimum Gasteiger partial charge on any atom is -0.353 e. The molecule has 0 aliphatic heterocycles. The SMILES string of the molecule is N#Cc1ccc(Nc2cc(F)c(F)cc2F)cc1F. The molecule has 0 saturated heterocycles. The predicted molar refractivity (Wildman–Crippen MR) is 60.7 cm³/mol. The molecule has 0 fully saturated rings. The van der Waals surface area contributed by atoms with Gasteiger partial charge in [0.05, 0.1) is 11.3 Å². The molecule has 0 saturated carbocycles. The Hall–Kier alpha value is -2.55. The summed E-state index contributed by atoms with van der Waals surface area (Å²) in [7, 11) is 0. The van der Waals surface area contributed by atoms with Crippen molar-refractivity contribution >= 4 is 11.4 Å². The van der Waals surface area contributed by atoms with Crippen LogP contribution in [0.1, 0.15) is 5.56 Å². The maximum absolute atomic E-state index is 13.3. The van der Waals surface area contributed by atoms with Crippen molar-refractivity contribution in [2.24, 2.45) is 0 Å². The third-order valence-electron chi connectivity index (χ3n) is 2.38. The van der Waals surface area contributed by atoms with Gasteiger partial charge in [-0.3, -0.25) is 0 Å². The van der Waals surface area contributed by atoms with Crippen molar-refractivity contribution in [3.05, 3.63) is 59.2 Å². The van der Waals surface area contributed by atoms with Crippen LogP contribution in [0.4, 0.5) is 28.9 Å². The van der Waals surface area contributed by atoms with Gasteiger partial charge in [-0.15, -0.1) is 0 Å². The van der Waals surface area contributed by atoms with Crippen LogP contribution in [0.25, 0.3) is 0 Å². The number of rotatable bonds is 2. The summed E-state index contributed by atoms with van der Waals surface area (Å²) in [5.41, 5.74) is -0.388. The lowest BCUT2D eigenvalue weighted by Crippen LogP contribution is -1.98. The molecule has 19 heavy (non-hydrogen) atoms. The van der Waals surface area contributed by atoms with Gasteiger partial charge in [0.2, 0.25) is 0 Å². The predicted octanol–water partition coefficient (Wildman–Crippen LogP) is 3.86. The molecule has 0 aliphatic carbocycles. The van der Waals surface area contributed by atoms with Gasteiger partial charge in [0.25, 0.3) is 0 Å². The van der Waals surface area contributed by atoms with Crippen LogP contribution in [-0.4, -0.2) is 0 Å². The number of benzene rings is 2. The van der Waals surface area contributed by atoms with Crippen LogP contribution in [0.2, 0.25) is 0 Å². The molecule has 1 N–H and O–H groups in total. The average Bonchev–Trinajstić information content (AvgIpc) is 2.36. The van der Waals surface area contributed by atoms with E-state index in [1.165, 1.54) is 12.1 Å². The lowest BCUT2D eigenvalue weighted by Gasteiger charge is -2.08. The van der Waals surface area contributed by atoms with E-state index < -0.39 is 23.3 Å². The molecule has 2 aromatic rings. The van der Waals surface area contributed by atoms with E-state index in [2.05, 4.69) is 5.32 Å². The maximum atomic E-state index is 13.3. The lowest BCUT2D eigenvalue weighted by molar-refractivity contribution is 0.496. The third kappa shape index (κ3) is 2.65. The van der Waals surface area contributed by atoms with Gasteiger partial charge in [-0.25, -0.2) is 17.6 Å². The Bertz CT molecular complexity index is 677. The molecule has 2 rings (SSSR count). The minimum atomic E-state index is -1.31. The van der Waals surface area contributed by atoms with Gasteiger partial charge in [0.1, 0.15) is 17.7 Å². The van der Waals surface area contributed by atoms with Gasteiger partial charge in [0.15, 0.2) is 11.6 Å². The quantitative estimate of drug-likeness (QED) is 0.661. The molecule has 0 atom stereocenters. The normalized spacial score (nSPS) is 10.1. The van der Waals surface area contributed by atoms with Crippen LogP contribution >= 0.6 is 0 Å². The van der Waals surface area contributed by atoms with Crippen LogP contribution in [0.3, 0.4) is 0 Å². The van der Waals surface area contributed by atoms with Crippen molar-refractivity contribution in [1.82, 2.24) is 0 Å². The minimum absolute atomic E-state index is 0.112. The first kappa shape index (κ1) is 12.9. The number of anilines is 2. The van der Waals surface area contributed by atoms with Crippen LogP contribution in [0.15, 0.2) is 30.3 Å². The Kier molecular flexibility index (Phi) is 3.38. The highest BCUT2D eigenvalue weighted by molar-refractivity contribution is 5.61. The first-order valence-electron chi connectivity index (χ1n) is 5.12. The highest BCUT2D eigenvalue weighted by Gasteiger charge is 2.10. The smallest absolute Gasteiger partial charge is 0.161 e. The van der Waals surface area contributed by atoms with E-state index in [-0.39, 0.29) is 16.9 Å². The number of nitriles is 1. The van der Waals surface area contributed by atoms with Crippen LogP contribution in [-0.2, 0) is 0 Å². The topological polar surface area (TPSA) is 35.8 Å². The molecule has 0 aliphatic rings. The summed E-state index contributed by atoms with van der Waals surface area (Å²) in [5.74, 6) is -4.34. The van der Waals surface area contributed by atoms with Crippen LogP contribution in [0, 0.1) is 34.6 Å². The Morgan fingerprint density at radius 1 is 0.842 bits per heavy atom. The summed E-state index contributed by atoms with van der Waals surface area (Å²) in [5, 5.41) is 10.9. The Labute approximate surface area is 105 Å². The van der Waals surface area contributed by atoms with Crippen molar-refractivity contribution in [3.63, 3.8) is 0 Å². The fourth-order valence-electron chi connectivity index (χ4n) is 1.46. The molecule has 0 aromatic heterocycles. The van der Waals surface area contributed by atoms with E-state index in [1.54, 1.807) is 6.07 Å². The summed E-state index contributed by atoms with van der Waals surface area (Å²) < 4.78 is 52.3. The Balaban J connectivity index is 2.34. The number of hydrogen-bond acceptors (Lipinski definition) is 2. The zero-order valence-corrected chi connectivity index (χ0v) is 9.35. The zero-order valence-electron chi connectivity index (χ0n) is 9.35. The van der Waals surface area contributed by atoms with Crippen molar-refractivity contribution in [2.75, 3.05) is 5.32 Å². The molecule has 2 nitrogen and oxygen atoms in total. The second-order valence-corrected chi connectivity index (χ2v) is 3.68. The fraction of sp³-hybridized carbons (Fsp3) is 0. The standard InChI is InChI=1S/C13H6F4N2/c14-9-3-8(2-1-7(9)6-18)19-13-5-11(16)10(15)4-12(13)17/h1-5,19H. The average molecular weight is 266 g/mol. The van der Waals surface area contributed by atoms with Gasteiger partial charge < -0.3 is 5.32 Å². The molecule has 2 aromatic carbocycles. The number of nitrogens with zero attached hydrogens (tertiary/aromatic N) is 1. The van der Waals surface area contributed by atoms with Gasteiger partial charge >= 0.3 is 0 Å². The molecule has 6 heteroatoms. The van der Waals surface area contributed by atoms with Crippen molar-refractivity contribution in [2.45, 2.75) is 0 Å². The van der Waals surface area contributed by atoms with E-state index in [4.69, 9.17) is 5.26 Å². The monoisotopic (exact) mass is 266 g/mol. The largest absolute Gasteiger partial charge is 0.353 e. The van der Waals surface area contributed by atoms with Crippen LogP contribution < -0.4 is 5.32 Å². The molecule has 0 amide bonds. The molecule has 0 unspecified atom stereocenters. The van der Waals surface area contributed by atoms with Crippen molar-refractivity contribution < 1.29 is 17.6 Å². The molecule has 0 spiro atoms. The van der Waals surface area contributed by atoms with E-state index >= 15 is 0 Å². The molecular formula is C13H6F4N2. The highest BCUT2D eigenvalue weighted by atomic mass is 19.2. The van der Waals surface area contributed by atoms with E-state index in [0.29, 0.717) is 12.1 Å². The van der Waals surface area contributed by atoms with E-state index in [0.717, 1.165) is 6.07 Å². The lowest BCUT2D eigenvalue weighted by atomic mass is 10.2. The summed E-state index contributed by atoms with van der Waals surface area (Å²) >= 11 is 0. The van der Waals surface area contributed by atoms with Gasteiger partial charge in [-0.1, -0.05) is 0 Å². The Morgan fingerprint density at radius 3 is 2.16 bits per heavy atom. The fourth-order valence-corrected chi connectivity index (χ4v) is 1.46. The highest BCUT2D eigenvalue weighted by Crippen LogP contribution is 2.23. The first-order valence-corrected chi connectivity index (χ1v) is 5.12. The summed E-state index contributed by atoms with van der Waals surface area (Å²) in [4.78, 5) is 0. The first-order chi connectivity index (χ1) is 9.01. The van der Waals surface area contributed by atoms with E-state index in [1.807, 2.05) is 0 Å². The van der Waals surface area contributed by atoms with Crippen LogP contribution in [0.5, 0.6) is 0 Å². The van der Waals surface area contributed by atoms with Gasteiger partial charge in [0, 0.05) is 17.8 Å². The van der Waals surface area contributed by atoms with Gasteiger partial charge in [-0.05, 0) is 18.2 Å². The third-order valence-corrected chi connectivity index (χ3v) is 2.38. The number of nitrogens with one attached hydrogen (secondary N) is 1. The number of hydrogen-bond donors (Lipinski definition) is 1. The number of halogens is 4. The molecule has 0 radical (unpaired) electrons. The zero-order chi connectivity index (χ0) is 14.0. The molecule has 96 valence electrons. The second kappa shape index (κ2) is 4.98. The maximum Gasteiger partial charge on any atom is 0.161 e. The van der Waals surface area contributed by atoms with Gasteiger partial charge in [-0.2, -0.15) is 5.26 Å². The summed E-state index contributed by atoms with van der Waals surface area (Å²) in [6.45, 7) is 0. The second-order valence-electron chi connectivity index (χ2n) is 3.68. The van der Waals surface area contributed by atoms with E-state index in [9.17, 15) is 17.6 Å². The molecular weight excluding hydrogens is 260 g/mol. The summed E-state index contributed by atoms with van der Waals surface area (Å²) in [6, 6.07) is 6.11.